The van der Waals surface area contributed by atoms with E-state index >= 15 is 0 Å². The van der Waals surface area contributed by atoms with E-state index in [-0.39, 0.29) is 22.5 Å². The van der Waals surface area contributed by atoms with Gasteiger partial charge in [-0.1, -0.05) is 0 Å². The highest BCUT2D eigenvalue weighted by atomic mass is 16.5. The fourth-order valence-corrected chi connectivity index (χ4v) is 2.21. The summed E-state index contributed by atoms with van der Waals surface area (Å²) in [6, 6.07) is 4.38. The van der Waals surface area contributed by atoms with Gasteiger partial charge in [0.2, 0.25) is 5.91 Å². The summed E-state index contributed by atoms with van der Waals surface area (Å²) in [6.45, 7) is 1.51. The number of carboxylic acid groups (broad SMARTS) is 1. The molecule has 142 valence electrons. The number of amides is 1. The number of carbonyl (C=O) groups is 4. The molecule has 1 amide bonds. The number of ether oxygens (including phenoxy) is 2. The Hall–Kier alpha value is -3.69. The van der Waals surface area contributed by atoms with Crippen molar-refractivity contribution in [3.63, 3.8) is 0 Å². The highest BCUT2D eigenvalue weighted by molar-refractivity contribution is 6.00. The van der Waals surface area contributed by atoms with Gasteiger partial charge in [-0.3, -0.25) is 9.48 Å². The number of hydrogen-bond donors (Lipinski definition) is 2. The minimum absolute atomic E-state index is 0.0515. The van der Waals surface area contributed by atoms with Gasteiger partial charge in [-0.15, -0.1) is 0 Å². The van der Waals surface area contributed by atoms with Crippen molar-refractivity contribution in [2.75, 3.05) is 19.5 Å². The van der Waals surface area contributed by atoms with Crippen LogP contribution in [-0.2, 0) is 14.3 Å². The van der Waals surface area contributed by atoms with Crippen LogP contribution < -0.4 is 5.32 Å². The number of methoxy groups -OCH3 is 2. The van der Waals surface area contributed by atoms with Crippen LogP contribution >= 0.6 is 0 Å². The predicted octanol–water partition coefficient (Wildman–Crippen LogP) is 1.35. The van der Waals surface area contributed by atoms with Crippen LogP contribution in [-0.4, -0.2) is 52.9 Å². The first-order valence-electron chi connectivity index (χ1n) is 7.67. The summed E-state index contributed by atoms with van der Waals surface area (Å²) in [5.74, 6) is -3.13. The van der Waals surface area contributed by atoms with E-state index in [2.05, 4.69) is 19.9 Å². The number of anilines is 1. The quantitative estimate of drug-likeness (QED) is 0.722. The van der Waals surface area contributed by atoms with Gasteiger partial charge in [0.15, 0.2) is 5.69 Å². The first-order valence-corrected chi connectivity index (χ1v) is 7.67. The number of esters is 2. The van der Waals surface area contributed by atoms with Crippen molar-refractivity contribution in [3.05, 3.63) is 47.3 Å². The molecule has 0 aliphatic carbocycles. The van der Waals surface area contributed by atoms with Crippen LogP contribution in [0, 0.1) is 0 Å². The number of carbonyl (C=O) groups excluding carboxylic acids is 3. The standard InChI is InChI=1S/C17H17N3O7/c1-9(20-5-4-13(19-20)15(22)23)14(21)18-12-7-10(16(24)26-2)6-11(8-12)17(25)27-3/h4-9H,1-3H3,(H,18,21)(H,22,23). The van der Waals surface area contributed by atoms with Gasteiger partial charge in [0.05, 0.1) is 25.3 Å². The van der Waals surface area contributed by atoms with Crippen LogP contribution in [0.5, 0.6) is 0 Å². The Kier molecular flexibility index (Phi) is 5.91. The molecule has 0 saturated carbocycles. The van der Waals surface area contributed by atoms with Crippen LogP contribution in [0.25, 0.3) is 0 Å². The SMILES string of the molecule is COC(=O)c1cc(NC(=O)C(C)n2ccc(C(=O)O)n2)cc(C(=O)OC)c1. The first kappa shape index (κ1) is 19.6. The van der Waals surface area contributed by atoms with Crippen molar-refractivity contribution < 1.29 is 33.8 Å². The van der Waals surface area contributed by atoms with E-state index in [1.807, 2.05) is 0 Å². The Bertz CT molecular complexity index is 869. The lowest BCUT2D eigenvalue weighted by molar-refractivity contribution is -0.119. The zero-order valence-electron chi connectivity index (χ0n) is 14.8. The summed E-state index contributed by atoms with van der Waals surface area (Å²) in [5.41, 5.74) is 0.0716. The van der Waals surface area contributed by atoms with Gasteiger partial charge < -0.3 is 19.9 Å². The van der Waals surface area contributed by atoms with Gasteiger partial charge in [-0.25, -0.2) is 14.4 Å². The van der Waals surface area contributed by atoms with Crippen LogP contribution in [0.4, 0.5) is 5.69 Å². The average molecular weight is 375 g/mol. The van der Waals surface area contributed by atoms with E-state index in [0.29, 0.717) is 0 Å². The van der Waals surface area contributed by atoms with E-state index in [0.717, 1.165) is 0 Å². The second kappa shape index (κ2) is 8.13. The summed E-state index contributed by atoms with van der Waals surface area (Å²) in [6.07, 6.45) is 1.36. The van der Waals surface area contributed by atoms with E-state index in [9.17, 15) is 19.2 Å². The zero-order chi connectivity index (χ0) is 20.1. The third-order valence-electron chi connectivity index (χ3n) is 3.65. The lowest BCUT2D eigenvalue weighted by atomic mass is 10.1. The number of aromatic carboxylic acids is 1. The van der Waals surface area contributed by atoms with E-state index in [1.165, 1.54) is 56.3 Å². The molecule has 1 heterocycles. The normalized spacial score (nSPS) is 11.4. The monoisotopic (exact) mass is 375 g/mol. The number of hydrogen-bond acceptors (Lipinski definition) is 7. The summed E-state index contributed by atoms with van der Waals surface area (Å²) >= 11 is 0. The third-order valence-corrected chi connectivity index (χ3v) is 3.65. The summed E-state index contributed by atoms with van der Waals surface area (Å²) < 4.78 is 10.5. The van der Waals surface area contributed by atoms with Crippen LogP contribution in [0.1, 0.15) is 44.2 Å². The molecule has 0 aliphatic heterocycles. The van der Waals surface area contributed by atoms with E-state index < -0.39 is 29.9 Å². The topological polar surface area (TPSA) is 137 Å². The van der Waals surface area contributed by atoms with Crippen LogP contribution in [0.3, 0.4) is 0 Å². The van der Waals surface area contributed by atoms with Crippen molar-refractivity contribution in [2.45, 2.75) is 13.0 Å². The maximum absolute atomic E-state index is 12.4. The Morgan fingerprint density at radius 1 is 1.07 bits per heavy atom. The highest BCUT2D eigenvalue weighted by Crippen LogP contribution is 2.19. The molecule has 1 atom stereocenters. The molecular formula is C17H17N3O7. The lowest BCUT2D eigenvalue weighted by Gasteiger charge is -2.14. The maximum Gasteiger partial charge on any atom is 0.356 e. The minimum atomic E-state index is -1.21. The third kappa shape index (κ3) is 4.48. The number of nitrogens with zero attached hydrogens (tertiary/aromatic N) is 2. The van der Waals surface area contributed by atoms with Gasteiger partial charge in [0.1, 0.15) is 6.04 Å². The van der Waals surface area contributed by atoms with Gasteiger partial charge in [-0.05, 0) is 31.2 Å². The molecule has 0 bridgehead atoms. The summed E-state index contributed by atoms with van der Waals surface area (Å²) in [5, 5.41) is 15.3. The summed E-state index contributed by atoms with van der Waals surface area (Å²) in [4.78, 5) is 46.9. The molecule has 1 unspecified atom stereocenters. The summed E-state index contributed by atoms with van der Waals surface area (Å²) in [7, 11) is 2.37. The number of nitrogens with one attached hydrogen (secondary N) is 1. The molecule has 0 spiro atoms. The zero-order valence-corrected chi connectivity index (χ0v) is 14.8. The van der Waals surface area contributed by atoms with Crippen LogP contribution in [0.15, 0.2) is 30.5 Å². The highest BCUT2D eigenvalue weighted by Gasteiger charge is 2.20. The fraction of sp³-hybridized carbons (Fsp3) is 0.235. The molecular weight excluding hydrogens is 358 g/mol. The van der Waals surface area contributed by atoms with Gasteiger partial charge in [0.25, 0.3) is 0 Å². The van der Waals surface area contributed by atoms with Gasteiger partial charge in [-0.2, -0.15) is 5.10 Å². The fourth-order valence-electron chi connectivity index (χ4n) is 2.21. The van der Waals surface area contributed by atoms with E-state index in [1.54, 1.807) is 0 Å². The van der Waals surface area contributed by atoms with Gasteiger partial charge >= 0.3 is 17.9 Å². The van der Waals surface area contributed by atoms with Crippen LogP contribution in [0.2, 0.25) is 0 Å². The van der Waals surface area contributed by atoms with Crippen molar-refractivity contribution in [3.8, 4) is 0 Å². The second-order valence-electron chi connectivity index (χ2n) is 5.43. The van der Waals surface area contributed by atoms with Crippen molar-refractivity contribution in [1.29, 1.82) is 0 Å². The van der Waals surface area contributed by atoms with Crippen molar-refractivity contribution in [2.24, 2.45) is 0 Å². The van der Waals surface area contributed by atoms with Crippen molar-refractivity contribution in [1.82, 2.24) is 9.78 Å². The average Bonchev–Trinajstić information content (AvgIpc) is 3.16. The predicted molar refractivity (Wildman–Crippen MR) is 91.6 cm³/mol. The Balaban J connectivity index is 2.28. The van der Waals surface area contributed by atoms with Gasteiger partial charge in [0, 0.05) is 11.9 Å². The molecule has 1 aromatic heterocycles. The molecule has 10 nitrogen and oxygen atoms in total. The minimum Gasteiger partial charge on any atom is -0.476 e. The second-order valence-corrected chi connectivity index (χ2v) is 5.43. The number of aromatic nitrogens is 2. The molecule has 2 aromatic rings. The molecule has 1 aromatic carbocycles. The smallest absolute Gasteiger partial charge is 0.356 e. The molecule has 0 aliphatic rings. The van der Waals surface area contributed by atoms with Crippen molar-refractivity contribution >= 4 is 29.5 Å². The molecule has 10 heteroatoms. The Morgan fingerprint density at radius 3 is 2.07 bits per heavy atom. The number of carboxylic acids is 1. The molecule has 27 heavy (non-hydrogen) atoms. The Labute approximate surface area is 153 Å². The lowest BCUT2D eigenvalue weighted by Crippen LogP contribution is -2.24. The number of benzene rings is 1. The molecule has 0 fully saturated rings. The molecule has 0 radical (unpaired) electrons. The number of rotatable bonds is 6. The maximum atomic E-state index is 12.4. The molecule has 2 rings (SSSR count). The largest absolute Gasteiger partial charge is 0.476 e. The molecule has 2 N–H and O–H groups in total. The molecule has 0 saturated heterocycles. The Morgan fingerprint density at radius 2 is 1.63 bits per heavy atom. The first-order chi connectivity index (χ1) is 12.8. The van der Waals surface area contributed by atoms with E-state index in [4.69, 9.17) is 5.11 Å².